The molecule has 1 aliphatic rings. The van der Waals surface area contributed by atoms with Crippen molar-refractivity contribution < 1.29 is 29.6 Å². The first-order valence-electron chi connectivity index (χ1n) is 14.3. The lowest BCUT2D eigenvalue weighted by Crippen LogP contribution is -2.39. The molecule has 3 aromatic rings. The summed E-state index contributed by atoms with van der Waals surface area (Å²) in [6.45, 7) is 10.8. The number of nitrogens with zero attached hydrogens (tertiary/aromatic N) is 1. The first kappa shape index (κ1) is 31.1. The van der Waals surface area contributed by atoms with Crippen molar-refractivity contribution in [3.05, 3.63) is 75.2 Å². The molecule has 4 rings (SSSR count). The Morgan fingerprint density at radius 3 is 2.02 bits per heavy atom. The van der Waals surface area contributed by atoms with Crippen LogP contribution in [-0.4, -0.2) is 38.1 Å². The van der Waals surface area contributed by atoms with Crippen molar-refractivity contribution in [1.29, 1.82) is 0 Å². The van der Waals surface area contributed by atoms with E-state index in [4.69, 9.17) is 14.6 Å². The molecule has 1 fully saturated rings. The van der Waals surface area contributed by atoms with Gasteiger partial charge in [0.15, 0.2) is 0 Å². The molecule has 1 saturated carbocycles. The fourth-order valence-corrected chi connectivity index (χ4v) is 5.38. The molecule has 226 valence electrons. The van der Waals surface area contributed by atoms with Gasteiger partial charge in [0.1, 0.15) is 17.2 Å². The Balaban J connectivity index is 1.78. The number of benzene rings is 2. The molecule has 0 bridgehead atoms. The lowest BCUT2D eigenvalue weighted by Gasteiger charge is -2.30. The number of aromatic nitrogens is 1. The number of hydrogen-bond donors (Lipinski definition) is 4. The smallest absolute Gasteiger partial charge is 0.404 e. The van der Waals surface area contributed by atoms with Crippen LogP contribution in [-0.2, 0) is 18.2 Å². The minimum atomic E-state index is -1.13. The number of carboxylic acid groups (broad SMARTS) is 1. The fraction of sp³-hybridized carbons (Fsp3) is 0.455. The SMILES string of the molecule is Cc1cc(C(C)(C)O)cc(C)c1Oc1ccc(C(C)(C)O)cc1-c1cn(C)c(=O)cc1O[C@H]1CC[C@H](NC(=O)O)CC1. The molecule has 4 N–H and O–H groups in total. The van der Waals surface area contributed by atoms with Crippen molar-refractivity contribution in [2.45, 2.75) is 90.6 Å². The predicted octanol–water partition coefficient (Wildman–Crippen LogP) is 5.87. The molecule has 0 atom stereocenters. The van der Waals surface area contributed by atoms with Crippen LogP contribution in [0.4, 0.5) is 4.79 Å². The van der Waals surface area contributed by atoms with Crippen LogP contribution in [0.5, 0.6) is 17.2 Å². The third-order valence-corrected chi connectivity index (χ3v) is 7.84. The van der Waals surface area contributed by atoms with E-state index in [9.17, 15) is 19.8 Å². The number of ether oxygens (including phenoxy) is 2. The van der Waals surface area contributed by atoms with Crippen LogP contribution in [0.15, 0.2) is 47.4 Å². The normalized spacial score (nSPS) is 17.5. The van der Waals surface area contributed by atoms with Crippen molar-refractivity contribution in [1.82, 2.24) is 9.88 Å². The average molecular weight is 579 g/mol. The summed E-state index contributed by atoms with van der Waals surface area (Å²) in [5, 5.41) is 33.0. The Bertz CT molecular complexity index is 1500. The summed E-state index contributed by atoms with van der Waals surface area (Å²) in [6, 6.07) is 10.6. The van der Waals surface area contributed by atoms with Crippen LogP contribution >= 0.6 is 0 Å². The summed E-state index contributed by atoms with van der Waals surface area (Å²) in [7, 11) is 1.67. The van der Waals surface area contributed by atoms with Crippen LogP contribution in [0.1, 0.15) is 75.6 Å². The van der Waals surface area contributed by atoms with Crippen LogP contribution in [0.3, 0.4) is 0 Å². The Hall–Kier alpha value is -3.82. The molecular weight excluding hydrogens is 536 g/mol. The summed E-state index contributed by atoms with van der Waals surface area (Å²) in [4.78, 5) is 23.8. The Labute approximate surface area is 246 Å². The second-order valence-corrected chi connectivity index (χ2v) is 12.4. The molecule has 2 aromatic carbocycles. The van der Waals surface area contributed by atoms with Gasteiger partial charge < -0.3 is 34.7 Å². The number of carbonyl (C=O) groups is 1. The van der Waals surface area contributed by atoms with E-state index < -0.39 is 17.3 Å². The topological polar surface area (TPSA) is 130 Å². The molecule has 0 aliphatic heterocycles. The zero-order valence-electron chi connectivity index (χ0n) is 25.4. The monoisotopic (exact) mass is 578 g/mol. The van der Waals surface area contributed by atoms with Crippen molar-refractivity contribution >= 4 is 6.09 Å². The van der Waals surface area contributed by atoms with Gasteiger partial charge in [0.05, 0.1) is 17.3 Å². The van der Waals surface area contributed by atoms with Gasteiger partial charge in [-0.3, -0.25) is 4.79 Å². The van der Waals surface area contributed by atoms with E-state index in [0.717, 1.165) is 16.7 Å². The van der Waals surface area contributed by atoms with Gasteiger partial charge in [0.2, 0.25) is 0 Å². The van der Waals surface area contributed by atoms with Gasteiger partial charge in [0.25, 0.3) is 5.56 Å². The summed E-state index contributed by atoms with van der Waals surface area (Å²) in [6.07, 6.45) is 3.04. The van der Waals surface area contributed by atoms with E-state index in [1.807, 2.05) is 44.2 Å². The third kappa shape index (κ3) is 7.14. The number of aryl methyl sites for hydroxylation is 3. The highest BCUT2D eigenvalue weighted by molar-refractivity contribution is 5.76. The zero-order chi connectivity index (χ0) is 31.0. The highest BCUT2D eigenvalue weighted by Crippen LogP contribution is 2.42. The molecule has 0 saturated heterocycles. The first-order chi connectivity index (χ1) is 19.5. The molecule has 9 nitrogen and oxygen atoms in total. The van der Waals surface area contributed by atoms with Crippen LogP contribution in [0.2, 0.25) is 0 Å². The van der Waals surface area contributed by atoms with Gasteiger partial charge in [-0.1, -0.05) is 6.07 Å². The molecule has 42 heavy (non-hydrogen) atoms. The van der Waals surface area contributed by atoms with E-state index in [1.54, 1.807) is 40.9 Å². The summed E-state index contributed by atoms with van der Waals surface area (Å²) < 4.78 is 14.5. The summed E-state index contributed by atoms with van der Waals surface area (Å²) >= 11 is 0. The largest absolute Gasteiger partial charge is 0.490 e. The minimum absolute atomic E-state index is 0.122. The van der Waals surface area contributed by atoms with Crippen molar-refractivity contribution in [2.24, 2.45) is 7.05 Å². The van der Waals surface area contributed by atoms with Gasteiger partial charge in [0, 0.05) is 36.5 Å². The number of pyridine rings is 1. The maximum Gasteiger partial charge on any atom is 0.404 e. The van der Waals surface area contributed by atoms with Crippen LogP contribution < -0.4 is 20.3 Å². The molecule has 0 unspecified atom stereocenters. The maximum atomic E-state index is 12.8. The number of aliphatic hydroxyl groups is 2. The van der Waals surface area contributed by atoms with Gasteiger partial charge in [-0.05, 0) is 114 Å². The molecule has 0 spiro atoms. The third-order valence-electron chi connectivity index (χ3n) is 7.84. The van der Waals surface area contributed by atoms with E-state index in [0.29, 0.717) is 59.6 Å². The quantitative estimate of drug-likeness (QED) is 0.263. The Morgan fingerprint density at radius 1 is 0.881 bits per heavy atom. The van der Waals surface area contributed by atoms with Crippen molar-refractivity contribution in [2.75, 3.05) is 0 Å². The van der Waals surface area contributed by atoms with E-state index in [2.05, 4.69) is 5.32 Å². The van der Waals surface area contributed by atoms with Crippen LogP contribution in [0, 0.1) is 13.8 Å². The summed E-state index contributed by atoms with van der Waals surface area (Å²) in [5.74, 6) is 1.57. The Morgan fingerprint density at radius 2 is 1.48 bits per heavy atom. The molecular formula is C33H42N2O7. The Kier molecular flexibility index (Phi) is 8.76. The molecule has 0 radical (unpaired) electrons. The molecule has 1 aliphatic carbocycles. The average Bonchev–Trinajstić information content (AvgIpc) is 2.88. The highest BCUT2D eigenvalue weighted by atomic mass is 16.5. The van der Waals surface area contributed by atoms with E-state index in [1.165, 1.54) is 10.6 Å². The maximum absolute atomic E-state index is 12.8. The second-order valence-electron chi connectivity index (χ2n) is 12.4. The minimum Gasteiger partial charge on any atom is -0.490 e. The molecule has 1 aromatic heterocycles. The molecule has 9 heteroatoms. The number of amides is 1. The number of hydrogen-bond acceptors (Lipinski definition) is 6. The fourth-order valence-electron chi connectivity index (χ4n) is 5.38. The van der Waals surface area contributed by atoms with Gasteiger partial charge in [-0.15, -0.1) is 0 Å². The van der Waals surface area contributed by atoms with Gasteiger partial charge >= 0.3 is 6.09 Å². The number of nitrogens with one attached hydrogen (secondary N) is 1. The zero-order valence-corrected chi connectivity index (χ0v) is 25.4. The lowest BCUT2D eigenvalue weighted by atomic mass is 9.92. The van der Waals surface area contributed by atoms with Crippen molar-refractivity contribution in [3.63, 3.8) is 0 Å². The molecule has 1 heterocycles. The highest BCUT2D eigenvalue weighted by Gasteiger charge is 2.27. The van der Waals surface area contributed by atoms with Gasteiger partial charge in [-0.2, -0.15) is 0 Å². The number of rotatable bonds is 8. The standard InChI is InChI=1S/C33H42N2O7/c1-19-14-22(33(5,6)40)15-20(2)30(19)42-27-13-8-21(32(3,4)39)16-25(27)26-18-35(7)29(36)17-28(26)41-24-11-9-23(10-12-24)34-31(37)38/h8,13-18,23-24,34,39-40H,9-12H2,1-7H3,(H,37,38)/t23-,24-. The van der Waals surface area contributed by atoms with Gasteiger partial charge in [-0.25, -0.2) is 4.79 Å². The first-order valence-corrected chi connectivity index (χ1v) is 14.3. The predicted molar refractivity (Wildman–Crippen MR) is 161 cm³/mol. The second kappa shape index (κ2) is 11.8. The van der Waals surface area contributed by atoms with E-state index >= 15 is 0 Å². The van der Waals surface area contributed by atoms with Crippen molar-refractivity contribution in [3.8, 4) is 28.4 Å². The molecule has 1 amide bonds. The summed E-state index contributed by atoms with van der Waals surface area (Å²) in [5.41, 5.74) is 2.06. The van der Waals surface area contributed by atoms with E-state index in [-0.39, 0.29) is 17.7 Å². The van der Waals surface area contributed by atoms with Crippen LogP contribution in [0.25, 0.3) is 11.1 Å². The lowest BCUT2D eigenvalue weighted by molar-refractivity contribution is 0.0780.